The van der Waals surface area contributed by atoms with Crippen molar-refractivity contribution in [3.8, 4) is 0 Å². The predicted octanol–water partition coefficient (Wildman–Crippen LogP) is 0.485. The highest BCUT2D eigenvalue weighted by atomic mass is 16.5. The second kappa shape index (κ2) is 7.82. The standard InChI is InChI=1S/C12H16N2O6/c1-19-10(15)5-4-9(11(16)17)14-12(18)13-7-8-3-2-6-20-8/h2-3,6,9H,4-5,7H2,1H3,(H,16,17)(H2,13,14,18)/t9-/m1/s1. The highest BCUT2D eigenvalue weighted by Gasteiger charge is 2.21. The van der Waals surface area contributed by atoms with Gasteiger partial charge in [0.15, 0.2) is 0 Å². The maximum Gasteiger partial charge on any atom is 0.326 e. The van der Waals surface area contributed by atoms with Crippen LogP contribution < -0.4 is 10.6 Å². The molecular formula is C12H16N2O6. The molecule has 0 radical (unpaired) electrons. The van der Waals surface area contributed by atoms with Crippen LogP contribution >= 0.6 is 0 Å². The van der Waals surface area contributed by atoms with Gasteiger partial charge in [0.2, 0.25) is 0 Å². The van der Waals surface area contributed by atoms with E-state index in [9.17, 15) is 14.4 Å². The number of carbonyl (C=O) groups is 3. The van der Waals surface area contributed by atoms with Crippen molar-refractivity contribution in [2.75, 3.05) is 7.11 Å². The van der Waals surface area contributed by atoms with Crippen LogP contribution in [0.3, 0.4) is 0 Å². The molecule has 0 aliphatic carbocycles. The Morgan fingerprint density at radius 1 is 1.45 bits per heavy atom. The SMILES string of the molecule is COC(=O)CC[C@@H](NC(=O)NCc1ccco1)C(=O)O. The number of amides is 2. The van der Waals surface area contributed by atoms with Crippen LogP contribution in [0.25, 0.3) is 0 Å². The number of furan rings is 1. The van der Waals surface area contributed by atoms with Gasteiger partial charge in [-0.05, 0) is 18.6 Å². The van der Waals surface area contributed by atoms with Gasteiger partial charge in [0.25, 0.3) is 0 Å². The summed E-state index contributed by atoms with van der Waals surface area (Å²) < 4.78 is 9.42. The number of hydrogen-bond donors (Lipinski definition) is 3. The monoisotopic (exact) mass is 284 g/mol. The number of urea groups is 1. The van der Waals surface area contributed by atoms with Crippen LogP contribution in [0.15, 0.2) is 22.8 Å². The summed E-state index contributed by atoms with van der Waals surface area (Å²) in [6.45, 7) is 0.141. The Morgan fingerprint density at radius 2 is 2.20 bits per heavy atom. The molecule has 3 N–H and O–H groups in total. The number of carbonyl (C=O) groups excluding carboxylic acids is 2. The molecular weight excluding hydrogens is 268 g/mol. The number of methoxy groups -OCH3 is 1. The summed E-state index contributed by atoms with van der Waals surface area (Å²) in [5.74, 6) is -1.21. The third-order valence-electron chi connectivity index (χ3n) is 2.47. The lowest BCUT2D eigenvalue weighted by Gasteiger charge is -2.14. The smallest absolute Gasteiger partial charge is 0.326 e. The molecule has 0 saturated heterocycles. The first-order valence-electron chi connectivity index (χ1n) is 5.89. The summed E-state index contributed by atoms with van der Waals surface area (Å²) in [6, 6.07) is 1.53. The molecule has 2 amide bonds. The molecule has 0 unspecified atom stereocenters. The molecule has 1 atom stereocenters. The zero-order valence-corrected chi connectivity index (χ0v) is 10.9. The van der Waals surface area contributed by atoms with Crippen LogP contribution in [0.2, 0.25) is 0 Å². The van der Waals surface area contributed by atoms with Gasteiger partial charge in [-0.15, -0.1) is 0 Å². The lowest BCUT2D eigenvalue weighted by atomic mass is 10.1. The zero-order valence-electron chi connectivity index (χ0n) is 10.9. The number of esters is 1. The Balaban J connectivity index is 2.38. The Hall–Kier alpha value is -2.51. The Morgan fingerprint density at radius 3 is 2.75 bits per heavy atom. The van der Waals surface area contributed by atoms with Crippen LogP contribution in [0.1, 0.15) is 18.6 Å². The zero-order chi connectivity index (χ0) is 15.0. The van der Waals surface area contributed by atoms with Gasteiger partial charge in [-0.3, -0.25) is 4.79 Å². The molecule has 1 aromatic heterocycles. The molecule has 0 aliphatic heterocycles. The van der Waals surface area contributed by atoms with Gasteiger partial charge < -0.3 is 24.9 Å². The third-order valence-corrected chi connectivity index (χ3v) is 2.47. The van der Waals surface area contributed by atoms with Crippen LogP contribution in [0.5, 0.6) is 0 Å². The van der Waals surface area contributed by atoms with Crippen LogP contribution in [-0.4, -0.2) is 36.2 Å². The first-order valence-corrected chi connectivity index (χ1v) is 5.89. The second-order valence-electron chi connectivity index (χ2n) is 3.91. The largest absolute Gasteiger partial charge is 0.480 e. The van der Waals surface area contributed by atoms with Crippen molar-refractivity contribution in [3.05, 3.63) is 24.2 Å². The minimum absolute atomic E-state index is 0.0455. The molecule has 0 saturated carbocycles. The number of ether oxygens (including phenoxy) is 1. The van der Waals surface area contributed by atoms with Crippen molar-refractivity contribution >= 4 is 18.0 Å². The van der Waals surface area contributed by atoms with Crippen molar-refractivity contribution in [1.82, 2.24) is 10.6 Å². The Bertz CT molecular complexity index is 457. The Labute approximate surface area is 115 Å². The number of nitrogens with one attached hydrogen (secondary N) is 2. The van der Waals surface area contributed by atoms with Gasteiger partial charge in [0, 0.05) is 6.42 Å². The van der Waals surface area contributed by atoms with Crippen molar-refractivity contribution in [2.45, 2.75) is 25.4 Å². The van der Waals surface area contributed by atoms with E-state index in [0.29, 0.717) is 5.76 Å². The Kier molecular flexibility index (Phi) is 6.08. The maximum atomic E-state index is 11.5. The van der Waals surface area contributed by atoms with E-state index in [1.165, 1.54) is 13.4 Å². The highest BCUT2D eigenvalue weighted by molar-refractivity contribution is 5.83. The average Bonchev–Trinajstić information content (AvgIpc) is 2.93. The van der Waals surface area contributed by atoms with E-state index in [-0.39, 0.29) is 19.4 Å². The summed E-state index contributed by atoms with van der Waals surface area (Å²) in [4.78, 5) is 33.4. The summed E-state index contributed by atoms with van der Waals surface area (Å²) in [5.41, 5.74) is 0. The molecule has 1 heterocycles. The molecule has 20 heavy (non-hydrogen) atoms. The highest BCUT2D eigenvalue weighted by Crippen LogP contribution is 2.01. The minimum atomic E-state index is -1.22. The van der Waals surface area contributed by atoms with Gasteiger partial charge in [0.1, 0.15) is 11.8 Å². The fraction of sp³-hybridized carbons (Fsp3) is 0.417. The first-order chi connectivity index (χ1) is 9.52. The van der Waals surface area contributed by atoms with E-state index >= 15 is 0 Å². The van der Waals surface area contributed by atoms with Crippen LogP contribution in [0.4, 0.5) is 4.79 Å². The number of carboxylic acid groups (broad SMARTS) is 1. The number of carboxylic acids is 1. The quantitative estimate of drug-likeness (QED) is 0.627. The first kappa shape index (κ1) is 15.5. The maximum absolute atomic E-state index is 11.5. The fourth-order valence-corrected chi connectivity index (χ4v) is 1.41. The molecule has 0 bridgehead atoms. The fourth-order valence-electron chi connectivity index (χ4n) is 1.41. The van der Waals surface area contributed by atoms with Crippen molar-refractivity contribution < 1.29 is 28.6 Å². The number of aliphatic carboxylic acids is 1. The second-order valence-corrected chi connectivity index (χ2v) is 3.91. The summed E-state index contributed by atoms with van der Waals surface area (Å²) >= 11 is 0. The number of rotatable bonds is 7. The molecule has 8 heteroatoms. The van der Waals surface area contributed by atoms with E-state index in [1.54, 1.807) is 12.1 Å². The normalized spacial score (nSPS) is 11.4. The van der Waals surface area contributed by atoms with E-state index in [4.69, 9.17) is 9.52 Å². The third kappa shape index (κ3) is 5.42. The van der Waals surface area contributed by atoms with Crippen molar-refractivity contribution in [2.24, 2.45) is 0 Å². The predicted molar refractivity (Wildman–Crippen MR) is 66.8 cm³/mol. The van der Waals surface area contributed by atoms with E-state index in [0.717, 1.165) is 0 Å². The summed E-state index contributed by atoms with van der Waals surface area (Å²) in [6.07, 6.45) is 1.33. The molecule has 8 nitrogen and oxygen atoms in total. The average molecular weight is 284 g/mol. The molecule has 1 rings (SSSR count). The lowest BCUT2D eigenvalue weighted by Crippen LogP contribution is -2.46. The van der Waals surface area contributed by atoms with Crippen LogP contribution in [0, 0.1) is 0 Å². The molecule has 0 fully saturated rings. The molecule has 0 spiro atoms. The summed E-state index contributed by atoms with van der Waals surface area (Å²) in [5, 5.41) is 13.7. The van der Waals surface area contributed by atoms with Gasteiger partial charge in [0.05, 0.1) is 19.9 Å². The van der Waals surface area contributed by atoms with Gasteiger partial charge in [-0.25, -0.2) is 9.59 Å². The molecule has 1 aromatic rings. The summed E-state index contributed by atoms with van der Waals surface area (Å²) in [7, 11) is 1.21. The lowest BCUT2D eigenvalue weighted by molar-refractivity contribution is -0.142. The van der Waals surface area contributed by atoms with Gasteiger partial charge in [-0.2, -0.15) is 0 Å². The van der Waals surface area contributed by atoms with Gasteiger partial charge in [-0.1, -0.05) is 0 Å². The number of hydrogen-bond acceptors (Lipinski definition) is 5. The van der Waals surface area contributed by atoms with E-state index < -0.39 is 24.0 Å². The van der Waals surface area contributed by atoms with Crippen molar-refractivity contribution in [1.29, 1.82) is 0 Å². The minimum Gasteiger partial charge on any atom is -0.480 e. The topological polar surface area (TPSA) is 118 Å². The van der Waals surface area contributed by atoms with Crippen LogP contribution in [-0.2, 0) is 20.9 Å². The van der Waals surface area contributed by atoms with E-state index in [2.05, 4.69) is 15.4 Å². The van der Waals surface area contributed by atoms with E-state index in [1.807, 2.05) is 0 Å². The molecule has 110 valence electrons. The van der Waals surface area contributed by atoms with Crippen molar-refractivity contribution in [3.63, 3.8) is 0 Å². The molecule has 0 aliphatic rings. The molecule has 0 aromatic carbocycles. The van der Waals surface area contributed by atoms with Gasteiger partial charge >= 0.3 is 18.0 Å².